The number of nitrogens with zero attached hydrogens (tertiary/aromatic N) is 5. The molecule has 0 atom stereocenters. The lowest BCUT2D eigenvalue weighted by molar-refractivity contribution is 0.0779. The minimum Gasteiger partial charge on any atom is -0.334 e. The minimum atomic E-state index is -0.163. The third-order valence-corrected chi connectivity index (χ3v) is 4.94. The Bertz CT molecular complexity index is 1040. The van der Waals surface area contributed by atoms with Crippen LogP contribution in [0.25, 0.3) is 10.8 Å². The summed E-state index contributed by atoms with van der Waals surface area (Å²) in [7, 11) is 1.74. The molecule has 0 aliphatic heterocycles. The Balaban J connectivity index is 1.51. The van der Waals surface area contributed by atoms with Gasteiger partial charge in [0.2, 0.25) is 0 Å². The van der Waals surface area contributed by atoms with Gasteiger partial charge in [0.25, 0.3) is 5.91 Å². The summed E-state index contributed by atoms with van der Waals surface area (Å²) in [5.74, 6) is -0.163. The lowest BCUT2D eigenvalue weighted by Crippen LogP contribution is -2.26. The maximum atomic E-state index is 12.5. The zero-order chi connectivity index (χ0) is 17.9. The predicted octanol–water partition coefficient (Wildman–Crippen LogP) is 3.21. The van der Waals surface area contributed by atoms with E-state index in [1.54, 1.807) is 29.0 Å². The Labute approximate surface area is 154 Å². The maximum absolute atomic E-state index is 12.5. The molecule has 2 heterocycles. The molecule has 4 aromatic rings. The molecule has 1 amide bonds. The molecule has 0 saturated carbocycles. The van der Waals surface area contributed by atoms with Crippen molar-refractivity contribution in [3.05, 3.63) is 76.5 Å². The molecule has 2 aromatic carbocycles. The largest absolute Gasteiger partial charge is 0.334 e. The van der Waals surface area contributed by atoms with Crippen molar-refractivity contribution in [1.29, 1.82) is 0 Å². The summed E-state index contributed by atoms with van der Waals surface area (Å²) in [5, 5.41) is 13.3. The van der Waals surface area contributed by atoms with Crippen LogP contribution in [0, 0.1) is 0 Å². The number of hydrogen-bond donors (Lipinski definition) is 0. The van der Waals surface area contributed by atoms with Crippen LogP contribution in [0.1, 0.15) is 21.1 Å². The van der Waals surface area contributed by atoms with Gasteiger partial charge in [0, 0.05) is 18.6 Å². The topological polar surface area (TPSA) is 63.9 Å². The van der Waals surface area contributed by atoms with Crippen molar-refractivity contribution >= 4 is 28.0 Å². The normalized spacial score (nSPS) is 11.0. The standard InChI is InChI=1S/C19H17N5OS/c1-23(13-18-20-9-10-26-18)19(25)17-12-24(22-21-17)11-15-7-4-6-14-5-2-3-8-16(14)15/h2-10,12H,11,13H2,1H3. The summed E-state index contributed by atoms with van der Waals surface area (Å²) in [6, 6.07) is 14.4. The van der Waals surface area contributed by atoms with Crippen LogP contribution in [0.3, 0.4) is 0 Å². The molecule has 130 valence electrons. The summed E-state index contributed by atoms with van der Waals surface area (Å²) in [5.41, 5.74) is 1.48. The van der Waals surface area contributed by atoms with Crippen molar-refractivity contribution in [2.75, 3.05) is 7.05 Å². The molecule has 26 heavy (non-hydrogen) atoms. The summed E-state index contributed by atoms with van der Waals surface area (Å²) in [6.07, 6.45) is 3.43. The van der Waals surface area contributed by atoms with E-state index < -0.39 is 0 Å². The van der Waals surface area contributed by atoms with E-state index in [-0.39, 0.29) is 5.91 Å². The average Bonchev–Trinajstić information content (AvgIpc) is 3.33. The lowest BCUT2D eigenvalue weighted by Gasteiger charge is -2.13. The van der Waals surface area contributed by atoms with Crippen LogP contribution in [0.5, 0.6) is 0 Å². The smallest absolute Gasteiger partial charge is 0.276 e. The van der Waals surface area contributed by atoms with Crippen molar-refractivity contribution in [3.63, 3.8) is 0 Å². The Morgan fingerprint density at radius 1 is 1.19 bits per heavy atom. The van der Waals surface area contributed by atoms with E-state index in [9.17, 15) is 4.79 Å². The Morgan fingerprint density at radius 3 is 2.88 bits per heavy atom. The highest BCUT2D eigenvalue weighted by Crippen LogP contribution is 2.19. The van der Waals surface area contributed by atoms with E-state index in [4.69, 9.17) is 0 Å². The summed E-state index contributed by atoms with van der Waals surface area (Å²) >= 11 is 1.53. The van der Waals surface area contributed by atoms with Crippen molar-refractivity contribution in [3.8, 4) is 0 Å². The van der Waals surface area contributed by atoms with Gasteiger partial charge in [-0.15, -0.1) is 16.4 Å². The number of thiazole rings is 1. The van der Waals surface area contributed by atoms with Crippen molar-refractivity contribution < 1.29 is 4.79 Å². The summed E-state index contributed by atoms with van der Waals surface area (Å²) < 4.78 is 1.70. The first-order chi connectivity index (χ1) is 12.7. The highest BCUT2D eigenvalue weighted by atomic mass is 32.1. The highest BCUT2D eigenvalue weighted by molar-refractivity contribution is 7.09. The Morgan fingerprint density at radius 2 is 2.04 bits per heavy atom. The van der Waals surface area contributed by atoms with Gasteiger partial charge in [-0.1, -0.05) is 47.7 Å². The molecule has 7 heteroatoms. The molecule has 0 bridgehead atoms. The van der Waals surface area contributed by atoms with Crippen molar-refractivity contribution in [2.45, 2.75) is 13.1 Å². The van der Waals surface area contributed by atoms with E-state index in [1.165, 1.54) is 22.1 Å². The fraction of sp³-hybridized carbons (Fsp3) is 0.158. The molecule has 0 spiro atoms. The van der Waals surface area contributed by atoms with E-state index >= 15 is 0 Å². The SMILES string of the molecule is CN(Cc1nccs1)C(=O)c1cn(Cc2cccc3ccccc23)nn1. The maximum Gasteiger partial charge on any atom is 0.276 e. The van der Waals surface area contributed by atoms with Gasteiger partial charge in [-0.3, -0.25) is 4.79 Å². The van der Waals surface area contributed by atoms with Gasteiger partial charge in [-0.25, -0.2) is 9.67 Å². The number of carbonyl (C=O) groups excluding carboxylic acids is 1. The van der Waals surface area contributed by atoms with Crippen LogP contribution >= 0.6 is 11.3 Å². The fourth-order valence-corrected chi connectivity index (χ4v) is 3.55. The number of hydrogen-bond acceptors (Lipinski definition) is 5. The second-order valence-corrected chi connectivity index (χ2v) is 7.01. The molecule has 0 N–H and O–H groups in total. The summed E-state index contributed by atoms with van der Waals surface area (Å²) in [4.78, 5) is 18.3. The number of rotatable bonds is 5. The van der Waals surface area contributed by atoms with E-state index in [0.717, 1.165) is 10.6 Å². The van der Waals surface area contributed by atoms with E-state index in [2.05, 4.69) is 39.6 Å². The molecule has 0 aliphatic rings. The van der Waals surface area contributed by atoms with Gasteiger partial charge in [0.1, 0.15) is 5.01 Å². The highest BCUT2D eigenvalue weighted by Gasteiger charge is 2.17. The zero-order valence-electron chi connectivity index (χ0n) is 14.2. The molecule has 0 radical (unpaired) electrons. The first kappa shape index (κ1) is 16.4. The van der Waals surface area contributed by atoms with Crippen LogP contribution in [0.4, 0.5) is 0 Å². The van der Waals surface area contributed by atoms with Crippen LogP contribution in [-0.2, 0) is 13.1 Å². The average molecular weight is 363 g/mol. The Kier molecular flexibility index (Phi) is 4.45. The van der Waals surface area contributed by atoms with Gasteiger partial charge in [-0.2, -0.15) is 0 Å². The van der Waals surface area contributed by atoms with E-state index in [1.807, 2.05) is 23.6 Å². The number of fused-ring (bicyclic) bond motifs is 1. The second kappa shape index (κ2) is 7.05. The quantitative estimate of drug-likeness (QED) is 0.546. The number of carbonyl (C=O) groups is 1. The molecule has 0 aliphatic carbocycles. The second-order valence-electron chi connectivity index (χ2n) is 6.03. The first-order valence-corrected chi connectivity index (χ1v) is 9.09. The van der Waals surface area contributed by atoms with Crippen LogP contribution < -0.4 is 0 Å². The monoisotopic (exact) mass is 363 g/mol. The molecule has 2 aromatic heterocycles. The predicted molar refractivity (Wildman–Crippen MR) is 101 cm³/mol. The first-order valence-electron chi connectivity index (χ1n) is 8.21. The third-order valence-electron chi connectivity index (χ3n) is 4.17. The zero-order valence-corrected chi connectivity index (χ0v) is 15.1. The van der Waals surface area contributed by atoms with Gasteiger partial charge < -0.3 is 4.90 Å². The molecular formula is C19H17N5OS. The van der Waals surface area contributed by atoms with Crippen LogP contribution in [0.2, 0.25) is 0 Å². The number of benzene rings is 2. The Hall–Kier alpha value is -3.06. The van der Waals surface area contributed by atoms with Crippen molar-refractivity contribution in [2.24, 2.45) is 0 Å². The lowest BCUT2D eigenvalue weighted by atomic mass is 10.0. The molecular weight excluding hydrogens is 346 g/mol. The van der Waals surface area contributed by atoms with Gasteiger partial charge >= 0.3 is 0 Å². The fourth-order valence-electron chi connectivity index (χ4n) is 2.88. The van der Waals surface area contributed by atoms with Crippen LogP contribution in [0.15, 0.2) is 60.2 Å². The van der Waals surface area contributed by atoms with Gasteiger partial charge in [-0.05, 0) is 16.3 Å². The molecule has 0 unspecified atom stereocenters. The number of amides is 1. The molecule has 6 nitrogen and oxygen atoms in total. The van der Waals surface area contributed by atoms with Gasteiger partial charge in [0.05, 0.1) is 19.3 Å². The molecule has 0 saturated heterocycles. The molecule has 4 rings (SSSR count). The number of aromatic nitrogens is 4. The van der Waals surface area contributed by atoms with Crippen molar-refractivity contribution in [1.82, 2.24) is 24.9 Å². The minimum absolute atomic E-state index is 0.163. The van der Waals surface area contributed by atoms with Crippen LogP contribution in [-0.4, -0.2) is 37.8 Å². The van der Waals surface area contributed by atoms with Gasteiger partial charge in [0.15, 0.2) is 5.69 Å². The molecule has 0 fully saturated rings. The van der Waals surface area contributed by atoms with E-state index in [0.29, 0.717) is 18.8 Å². The third kappa shape index (κ3) is 3.34. The summed E-state index contributed by atoms with van der Waals surface area (Å²) in [6.45, 7) is 1.03.